The maximum absolute atomic E-state index is 10.8. The molecule has 0 aliphatic carbocycles. The molecule has 0 aliphatic rings. The molecule has 0 saturated carbocycles. The zero-order chi connectivity index (χ0) is 12.7. The number of hydrogen-bond acceptors (Lipinski definition) is 2. The van der Waals surface area contributed by atoms with Crippen molar-refractivity contribution in [2.75, 3.05) is 13.1 Å². The van der Waals surface area contributed by atoms with E-state index in [0.29, 0.717) is 6.54 Å². The first kappa shape index (κ1) is 13.7. The Morgan fingerprint density at radius 2 is 2.00 bits per heavy atom. The van der Waals surface area contributed by atoms with Crippen LogP contribution >= 0.6 is 0 Å². The Balaban J connectivity index is 2.67. The average Bonchev–Trinajstić information content (AvgIpc) is 2.29. The average molecular weight is 235 g/mol. The summed E-state index contributed by atoms with van der Waals surface area (Å²) in [7, 11) is 0. The summed E-state index contributed by atoms with van der Waals surface area (Å²) in [5.41, 5.74) is 2.49. The highest BCUT2D eigenvalue weighted by atomic mass is 16.4. The first-order valence-corrected chi connectivity index (χ1v) is 6.17. The predicted octanol–water partition coefficient (Wildman–Crippen LogP) is 2.55. The number of hydrogen-bond donors (Lipinski definition) is 1. The molecule has 0 unspecified atom stereocenters. The Labute approximate surface area is 103 Å². The molecule has 3 nitrogen and oxygen atoms in total. The first-order valence-electron chi connectivity index (χ1n) is 6.17. The van der Waals surface area contributed by atoms with Crippen LogP contribution in [0.4, 0.5) is 0 Å². The summed E-state index contributed by atoms with van der Waals surface area (Å²) in [6, 6.07) is 8.36. The van der Waals surface area contributed by atoms with E-state index >= 15 is 0 Å². The molecule has 0 aliphatic heterocycles. The van der Waals surface area contributed by atoms with Gasteiger partial charge in [0.15, 0.2) is 0 Å². The van der Waals surface area contributed by atoms with Crippen molar-refractivity contribution >= 4 is 5.97 Å². The second kappa shape index (κ2) is 7.07. The van der Waals surface area contributed by atoms with Crippen molar-refractivity contribution in [3.8, 4) is 0 Å². The summed E-state index contributed by atoms with van der Waals surface area (Å²) < 4.78 is 0. The van der Waals surface area contributed by atoms with E-state index in [2.05, 4.69) is 32.0 Å². The van der Waals surface area contributed by atoms with Crippen LogP contribution in [0.15, 0.2) is 24.3 Å². The largest absolute Gasteiger partial charge is 0.480 e. The molecule has 1 rings (SSSR count). The van der Waals surface area contributed by atoms with Crippen LogP contribution in [-0.2, 0) is 17.8 Å². The molecule has 0 fully saturated rings. The second-order valence-corrected chi connectivity index (χ2v) is 4.28. The third kappa shape index (κ3) is 5.00. The number of aryl methyl sites for hydroxylation is 1. The van der Waals surface area contributed by atoms with Crippen molar-refractivity contribution in [1.82, 2.24) is 4.90 Å². The highest BCUT2D eigenvalue weighted by Gasteiger charge is 2.09. The van der Waals surface area contributed by atoms with Crippen LogP contribution in [0.2, 0.25) is 0 Å². The number of nitrogens with zero attached hydrogens (tertiary/aromatic N) is 1. The molecule has 1 aromatic carbocycles. The van der Waals surface area contributed by atoms with E-state index in [4.69, 9.17) is 5.11 Å². The van der Waals surface area contributed by atoms with Crippen LogP contribution in [0.3, 0.4) is 0 Å². The zero-order valence-corrected chi connectivity index (χ0v) is 10.6. The molecular weight excluding hydrogens is 214 g/mol. The third-order valence-electron chi connectivity index (χ3n) is 2.70. The number of rotatable bonds is 7. The van der Waals surface area contributed by atoms with Gasteiger partial charge >= 0.3 is 5.97 Å². The van der Waals surface area contributed by atoms with Gasteiger partial charge in [0.2, 0.25) is 0 Å². The van der Waals surface area contributed by atoms with Gasteiger partial charge in [-0.05, 0) is 30.5 Å². The van der Waals surface area contributed by atoms with Gasteiger partial charge in [-0.15, -0.1) is 0 Å². The van der Waals surface area contributed by atoms with Gasteiger partial charge in [0.1, 0.15) is 0 Å². The topological polar surface area (TPSA) is 40.5 Å². The first-order chi connectivity index (χ1) is 8.15. The number of carboxylic acid groups (broad SMARTS) is 1. The van der Waals surface area contributed by atoms with Crippen LogP contribution in [0.25, 0.3) is 0 Å². The minimum absolute atomic E-state index is 0.115. The Morgan fingerprint density at radius 1 is 1.29 bits per heavy atom. The van der Waals surface area contributed by atoms with Gasteiger partial charge in [-0.2, -0.15) is 0 Å². The number of carbonyl (C=O) groups is 1. The smallest absolute Gasteiger partial charge is 0.317 e. The summed E-state index contributed by atoms with van der Waals surface area (Å²) in [6.07, 6.45) is 1.99. The van der Waals surface area contributed by atoms with E-state index in [0.717, 1.165) is 19.4 Å². The minimum Gasteiger partial charge on any atom is -0.480 e. The SMILES string of the molecule is CCCN(CC(=O)O)Cc1cccc(CC)c1. The fourth-order valence-corrected chi connectivity index (χ4v) is 1.93. The van der Waals surface area contributed by atoms with Crippen molar-refractivity contribution in [3.63, 3.8) is 0 Å². The molecule has 17 heavy (non-hydrogen) atoms. The lowest BCUT2D eigenvalue weighted by Gasteiger charge is -2.19. The van der Waals surface area contributed by atoms with Crippen molar-refractivity contribution in [1.29, 1.82) is 0 Å². The standard InChI is InChI=1S/C14H21NO2/c1-3-8-15(11-14(16)17)10-13-7-5-6-12(4-2)9-13/h5-7,9H,3-4,8,10-11H2,1-2H3,(H,16,17). The predicted molar refractivity (Wildman–Crippen MR) is 69.0 cm³/mol. The molecule has 0 radical (unpaired) electrons. The minimum atomic E-state index is -0.759. The van der Waals surface area contributed by atoms with E-state index in [9.17, 15) is 4.79 Å². The lowest BCUT2D eigenvalue weighted by molar-refractivity contribution is -0.138. The fourth-order valence-electron chi connectivity index (χ4n) is 1.93. The Hall–Kier alpha value is -1.35. The summed E-state index contributed by atoms with van der Waals surface area (Å²) >= 11 is 0. The van der Waals surface area contributed by atoms with Gasteiger partial charge in [0, 0.05) is 6.54 Å². The van der Waals surface area contributed by atoms with Crippen LogP contribution < -0.4 is 0 Å². The molecule has 0 bridgehead atoms. The van der Waals surface area contributed by atoms with Gasteiger partial charge < -0.3 is 5.11 Å². The van der Waals surface area contributed by atoms with Crippen LogP contribution in [0, 0.1) is 0 Å². The molecule has 0 saturated heterocycles. The number of carboxylic acids is 1. The van der Waals surface area contributed by atoms with Crippen LogP contribution in [0.5, 0.6) is 0 Å². The van der Waals surface area contributed by atoms with Crippen LogP contribution in [-0.4, -0.2) is 29.1 Å². The van der Waals surface area contributed by atoms with Crippen molar-refractivity contribution in [2.24, 2.45) is 0 Å². The van der Waals surface area contributed by atoms with Gasteiger partial charge in [-0.1, -0.05) is 38.1 Å². The number of aliphatic carboxylic acids is 1. The van der Waals surface area contributed by atoms with E-state index in [1.54, 1.807) is 0 Å². The van der Waals surface area contributed by atoms with Gasteiger partial charge in [0.05, 0.1) is 6.54 Å². The van der Waals surface area contributed by atoms with E-state index in [-0.39, 0.29) is 6.54 Å². The maximum atomic E-state index is 10.8. The molecule has 94 valence electrons. The Bertz CT molecular complexity index is 363. The number of benzene rings is 1. The molecule has 0 amide bonds. The van der Waals surface area contributed by atoms with Gasteiger partial charge in [0.25, 0.3) is 0 Å². The summed E-state index contributed by atoms with van der Waals surface area (Å²) in [6.45, 7) is 5.85. The van der Waals surface area contributed by atoms with Crippen molar-refractivity contribution < 1.29 is 9.90 Å². The highest BCUT2D eigenvalue weighted by Crippen LogP contribution is 2.09. The molecule has 1 aromatic rings. The molecule has 0 heterocycles. The molecule has 0 atom stereocenters. The van der Waals surface area contributed by atoms with E-state index in [1.165, 1.54) is 11.1 Å². The third-order valence-corrected chi connectivity index (χ3v) is 2.70. The molecule has 1 N–H and O–H groups in total. The van der Waals surface area contributed by atoms with E-state index in [1.807, 2.05) is 11.0 Å². The quantitative estimate of drug-likeness (QED) is 0.789. The normalized spacial score (nSPS) is 10.8. The Morgan fingerprint density at radius 3 is 2.59 bits per heavy atom. The summed E-state index contributed by atoms with van der Waals surface area (Å²) in [4.78, 5) is 12.7. The van der Waals surface area contributed by atoms with Crippen molar-refractivity contribution in [3.05, 3.63) is 35.4 Å². The van der Waals surface area contributed by atoms with Crippen LogP contribution in [0.1, 0.15) is 31.4 Å². The maximum Gasteiger partial charge on any atom is 0.317 e. The molecule has 0 spiro atoms. The lowest BCUT2D eigenvalue weighted by atomic mass is 10.1. The van der Waals surface area contributed by atoms with Crippen molar-refractivity contribution in [2.45, 2.75) is 33.2 Å². The van der Waals surface area contributed by atoms with Gasteiger partial charge in [-0.25, -0.2) is 0 Å². The van der Waals surface area contributed by atoms with Gasteiger partial charge in [-0.3, -0.25) is 9.69 Å². The lowest BCUT2D eigenvalue weighted by Crippen LogP contribution is -2.30. The fraction of sp³-hybridized carbons (Fsp3) is 0.500. The summed E-state index contributed by atoms with van der Waals surface area (Å²) in [5.74, 6) is -0.759. The molecule has 3 heteroatoms. The molecule has 0 aromatic heterocycles. The Kier molecular flexibility index (Phi) is 5.70. The highest BCUT2D eigenvalue weighted by molar-refractivity contribution is 5.69. The van der Waals surface area contributed by atoms with E-state index < -0.39 is 5.97 Å². The summed E-state index contributed by atoms with van der Waals surface area (Å²) in [5, 5.41) is 8.85. The zero-order valence-electron chi connectivity index (χ0n) is 10.6. The monoisotopic (exact) mass is 235 g/mol. The second-order valence-electron chi connectivity index (χ2n) is 4.28. The molecular formula is C14H21NO2.